The van der Waals surface area contributed by atoms with Crippen molar-refractivity contribution in [3.63, 3.8) is 0 Å². The van der Waals surface area contributed by atoms with Gasteiger partial charge in [-0.2, -0.15) is 57.1 Å². The minimum atomic E-state index is -7.83. The van der Waals surface area contributed by atoms with Crippen LogP contribution in [0, 0.1) is 0 Å². The first-order valence-corrected chi connectivity index (χ1v) is 15.3. The zero-order chi connectivity index (χ0) is 34.1. The Labute approximate surface area is 250 Å². The fraction of sp³-hybridized carbons (Fsp3) is 0.966. The molecule has 0 unspecified atom stereocenters. The topological polar surface area (TPSA) is 37.3 Å². The van der Waals surface area contributed by atoms with Crippen LogP contribution in [-0.4, -0.2) is 46.9 Å². The molecule has 0 spiro atoms. The monoisotopic (exact) mass is 672 g/mol. The van der Waals surface area contributed by atoms with Gasteiger partial charge < -0.3 is 5.11 Å². The quantitative estimate of drug-likeness (QED) is 0.0697. The standard InChI is InChI=1S/C29H45F13O2/c30-24(31,25(32,33)26(34,35)27(36,37)28(38,39)29(40,41)42)22-20-18-16-14-12-10-8-6-4-2-1-3-5-7-9-11-13-15-17-19-21-23(43)44/h1-22H2,(H,43,44). The molecule has 15 heteroatoms. The summed E-state index contributed by atoms with van der Waals surface area (Å²) in [7, 11) is 0. The van der Waals surface area contributed by atoms with Crippen molar-refractivity contribution in [2.45, 2.75) is 177 Å². The van der Waals surface area contributed by atoms with Gasteiger partial charge in [-0.05, 0) is 12.8 Å². The number of aliphatic carboxylic acids is 1. The molecule has 1 N–H and O–H groups in total. The van der Waals surface area contributed by atoms with Crippen LogP contribution in [0.3, 0.4) is 0 Å². The van der Waals surface area contributed by atoms with Crippen molar-refractivity contribution in [3.05, 3.63) is 0 Å². The van der Waals surface area contributed by atoms with Crippen LogP contribution in [0.2, 0.25) is 0 Å². The van der Waals surface area contributed by atoms with Gasteiger partial charge in [0.15, 0.2) is 0 Å². The summed E-state index contributed by atoms with van der Waals surface area (Å²) < 4.78 is 170. The summed E-state index contributed by atoms with van der Waals surface area (Å²) in [6.45, 7) is 0. The van der Waals surface area contributed by atoms with E-state index in [0.717, 1.165) is 77.0 Å². The lowest BCUT2D eigenvalue weighted by Crippen LogP contribution is -2.70. The summed E-state index contributed by atoms with van der Waals surface area (Å²) in [5.74, 6) is -37.1. The molecule has 0 fully saturated rings. The number of carbonyl (C=O) groups is 1. The average Bonchev–Trinajstić information content (AvgIpc) is 2.90. The molecule has 0 atom stereocenters. The van der Waals surface area contributed by atoms with E-state index in [1.54, 1.807) is 0 Å². The normalized spacial score (nSPS) is 13.9. The zero-order valence-electron chi connectivity index (χ0n) is 24.8. The average molecular weight is 673 g/mol. The maximum atomic E-state index is 13.8. The van der Waals surface area contributed by atoms with Crippen molar-refractivity contribution >= 4 is 5.97 Å². The Morgan fingerprint density at radius 3 is 0.886 bits per heavy atom. The molecule has 0 saturated heterocycles. The van der Waals surface area contributed by atoms with Gasteiger partial charge >= 0.3 is 41.8 Å². The number of carboxylic acid groups (broad SMARTS) is 1. The van der Waals surface area contributed by atoms with Gasteiger partial charge in [0, 0.05) is 12.8 Å². The highest BCUT2D eigenvalue weighted by Gasteiger charge is 2.90. The predicted octanol–water partition coefficient (Wildman–Crippen LogP) is 12.4. The Morgan fingerprint density at radius 2 is 0.614 bits per heavy atom. The van der Waals surface area contributed by atoms with E-state index in [2.05, 4.69) is 0 Å². The van der Waals surface area contributed by atoms with E-state index in [1.807, 2.05) is 0 Å². The van der Waals surface area contributed by atoms with Gasteiger partial charge in [0.2, 0.25) is 0 Å². The van der Waals surface area contributed by atoms with E-state index in [1.165, 1.54) is 19.3 Å². The third kappa shape index (κ3) is 13.1. The molecule has 0 saturated carbocycles. The van der Waals surface area contributed by atoms with Crippen molar-refractivity contribution < 1.29 is 67.0 Å². The fourth-order valence-corrected chi connectivity index (χ4v) is 4.76. The van der Waals surface area contributed by atoms with E-state index >= 15 is 0 Å². The molecule has 0 rings (SSSR count). The van der Waals surface area contributed by atoms with Gasteiger partial charge in [0.25, 0.3) is 0 Å². The minimum absolute atomic E-state index is 0.181. The van der Waals surface area contributed by atoms with Crippen LogP contribution >= 0.6 is 0 Å². The number of halogens is 13. The fourth-order valence-electron chi connectivity index (χ4n) is 4.76. The summed E-state index contributed by atoms with van der Waals surface area (Å²) in [6.07, 6.45) is 6.85. The number of rotatable bonds is 27. The van der Waals surface area contributed by atoms with Gasteiger partial charge in [-0.15, -0.1) is 0 Å². The summed E-state index contributed by atoms with van der Waals surface area (Å²) in [4.78, 5) is 10.4. The lowest BCUT2D eigenvalue weighted by molar-refractivity contribution is -0.440. The van der Waals surface area contributed by atoms with E-state index in [9.17, 15) is 61.9 Å². The molecule has 0 amide bonds. The molecule has 0 radical (unpaired) electrons. The Morgan fingerprint density at radius 1 is 0.364 bits per heavy atom. The van der Waals surface area contributed by atoms with Crippen LogP contribution in [0.5, 0.6) is 0 Å². The van der Waals surface area contributed by atoms with E-state index in [4.69, 9.17) is 5.11 Å². The van der Waals surface area contributed by atoms with Gasteiger partial charge in [0.1, 0.15) is 0 Å². The first-order valence-electron chi connectivity index (χ1n) is 15.3. The molecule has 44 heavy (non-hydrogen) atoms. The second-order valence-corrected chi connectivity index (χ2v) is 11.5. The third-order valence-corrected chi connectivity index (χ3v) is 7.63. The Balaban J connectivity index is 3.98. The van der Waals surface area contributed by atoms with Gasteiger partial charge in [-0.1, -0.05) is 116 Å². The molecule has 0 bridgehead atoms. The van der Waals surface area contributed by atoms with Gasteiger partial charge in [-0.25, -0.2) is 0 Å². The van der Waals surface area contributed by atoms with Crippen LogP contribution in [0.1, 0.15) is 141 Å². The highest BCUT2D eigenvalue weighted by molar-refractivity contribution is 5.66. The summed E-state index contributed by atoms with van der Waals surface area (Å²) in [5.41, 5.74) is 0. The first kappa shape index (κ1) is 42.6. The lowest BCUT2D eigenvalue weighted by atomic mass is 9.91. The molecule has 0 aliphatic carbocycles. The van der Waals surface area contributed by atoms with E-state index in [-0.39, 0.29) is 19.3 Å². The van der Waals surface area contributed by atoms with Crippen molar-refractivity contribution in [1.29, 1.82) is 0 Å². The number of hydrogen-bond donors (Lipinski definition) is 1. The minimum Gasteiger partial charge on any atom is -0.481 e. The third-order valence-electron chi connectivity index (χ3n) is 7.63. The zero-order valence-corrected chi connectivity index (χ0v) is 24.8. The number of carboxylic acids is 1. The van der Waals surface area contributed by atoms with Gasteiger partial charge in [-0.3, -0.25) is 4.79 Å². The maximum Gasteiger partial charge on any atom is 0.460 e. The van der Waals surface area contributed by atoms with Crippen molar-refractivity contribution in [1.82, 2.24) is 0 Å². The molecule has 0 aromatic heterocycles. The molecule has 0 aromatic carbocycles. The van der Waals surface area contributed by atoms with E-state index < -0.39 is 54.6 Å². The Bertz CT molecular complexity index is 784. The highest BCUT2D eigenvalue weighted by Crippen LogP contribution is 2.60. The van der Waals surface area contributed by atoms with Crippen LogP contribution in [0.25, 0.3) is 0 Å². The molecule has 2 nitrogen and oxygen atoms in total. The Kier molecular flexibility index (Phi) is 18.6. The Hall–Kier alpha value is -1.44. The van der Waals surface area contributed by atoms with Crippen molar-refractivity contribution in [3.8, 4) is 0 Å². The second kappa shape index (κ2) is 19.3. The molecule has 0 aliphatic heterocycles. The molecular formula is C29H45F13O2. The lowest BCUT2D eigenvalue weighted by Gasteiger charge is -2.39. The molecule has 264 valence electrons. The smallest absolute Gasteiger partial charge is 0.460 e. The SMILES string of the molecule is O=C(O)CCCCCCCCCCCCCCCCCCCCCCC(F)(F)C(F)(F)C(F)(F)C(F)(F)C(F)(F)C(F)(F)F. The first-order chi connectivity index (χ1) is 20.2. The molecule has 0 aromatic rings. The number of alkyl halides is 13. The highest BCUT2D eigenvalue weighted by atomic mass is 19.4. The van der Waals surface area contributed by atoms with Crippen molar-refractivity contribution in [2.24, 2.45) is 0 Å². The maximum absolute atomic E-state index is 13.8. The summed E-state index contributed by atoms with van der Waals surface area (Å²) in [5, 5.41) is 8.57. The predicted molar refractivity (Wildman–Crippen MR) is 140 cm³/mol. The van der Waals surface area contributed by atoms with Crippen LogP contribution in [0.15, 0.2) is 0 Å². The van der Waals surface area contributed by atoms with Crippen LogP contribution in [-0.2, 0) is 4.79 Å². The second-order valence-electron chi connectivity index (χ2n) is 11.5. The summed E-state index contributed by atoms with van der Waals surface area (Å²) in [6, 6.07) is 0. The molecule has 0 heterocycles. The molecule has 0 aliphatic rings. The van der Waals surface area contributed by atoms with Crippen molar-refractivity contribution in [2.75, 3.05) is 0 Å². The number of hydrogen-bond acceptors (Lipinski definition) is 1. The number of unbranched alkanes of at least 4 members (excludes halogenated alkanes) is 19. The van der Waals surface area contributed by atoms with Crippen LogP contribution in [0.4, 0.5) is 57.1 Å². The van der Waals surface area contributed by atoms with Crippen LogP contribution < -0.4 is 0 Å². The largest absolute Gasteiger partial charge is 0.481 e. The molecular weight excluding hydrogens is 627 g/mol. The van der Waals surface area contributed by atoms with Gasteiger partial charge in [0.05, 0.1) is 0 Å². The summed E-state index contributed by atoms with van der Waals surface area (Å²) >= 11 is 0. The van der Waals surface area contributed by atoms with E-state index in [0.29, 0.717) is 12.8 Å².